The van der Waals surface area contributed by atoms with E-state index in [1.54, 1.807) is 0 Å². The molecule has 0 saturated carbocycles. The minimum absolute atomic E-state index is 0.0635. The van der Waals surface area contributed by atoms with Crippen molar-refractivity contribution < 1.29 is 4.79 Å². The predicted molar refractivity (Wildman–Crippen MR) is 101 cm³/mol. The number of hydrogen-bond donors (Lipinski definition) is 2. The summed E-state index contributed by atoms with van der Waals surface area (Å²) in [5.41, 5.74) is 6.40. The van der Waals surface area contributed by atoms with Gasteiger partial charge in [0.1, 0.15) is 0 Å². The third-order valence-electron chi connectivity index (χ3n) is 4.85. The maximum absolute atomic E-state index is 12.7. The molecule has 1 aliphatic carbocycles. The number of nitrogens with zero attached hydrogens (tertiary/aromatic N) is 2. The second-order valence-corrected chi connectivity index (χ2v) is 7.00. The summed E-state index contributed by atoms with van der Waals surface area (Å²) in [5.74, 6) is -0.0635. The highest BCUT2D eigenvalue weighted by molar-refractivity contribution is 5.94. The molecule has 1 amide bonds. The van der Waals surface area contributed by atoms with Gasteiger partial charge in [-0.05, 0) is 58.2 Å². The molecule has 0 radical (unpaired) electrons. The van der Waals surface area contributed by atoms with E-state index in [9.17, 15) is 4.79 Å². The van der Waals surface area contributed by atoms with E-state index in [1.807, 2.05) is 4.68 Å². The second kappa shape index (κ2) is 7.40. The minimum atomic E-state index is -0.0635. The molecular formula is C20H28N4O. The number of nitrogens with one attached hydrogen (secondary N) is 2. The van der Waals surface area contributed by atoms with Gasteiger partial charge in [-0.1, -0.05) is 24.6 Å². The molecule has 1 heterocycles. The van der Waals surface area contributed by atoms with E-state index in [0.717, 1.165) is 37.1 Å². The van der Waals surface area contributed by atoms with Crippen LogP contribution in [-0.2, 0) is 12.8 Å². The van der Waals surface area contributed by atoms with Gasteiger partial charge in [0, 0.05) is 23.8 Å². The maximum atomic E-state index is 12.7. The van der Waals surface area contributed by atoms with Gasteiger partial charge >= 0.3 is 0 Å². The van der Waals surface area contributed by atoms with Gasteiger partial charge in [-0.25, -0.2) is 4.68 Å². The molecule has 25 heavy (non-hydrogen) atoms. The van der Waals surface area contributed by atoms with Crippen molar-refractivity contribution in [3.8, 4) is 5.69 Å². The normalized spacial score (nSPS) is 14.4. The average Bonchev–Trinajstić information content (AvgIpc) is 3.16. The third-order valence-corrected chi connectivity index (χ3v) is 4.85. The summed E-state index contributed by atoms with van der Waals surface area (Å²) in [6, 6.07) is 6.62. The second-order valence-electron chi connectivity index (χ2n) is 7.00. The predicted octanol–water partition coefficient (Wildman–Crippen LogP) is 2.71. The van der Waals surface area contributed by atoms with Crippen LogP contribution < -0.4 is 10.6 Å². The Bertz CT molecular complexity index is 778. The first kappa shape index (κ1) is 17.7. The zero-order valence-corrected chi connectivity index (χ0v) is 15.6. The Hall–Kier alpha value is -2.14. The number of carbonyl (C=O) groups excluding carboxylic acids is 1. The fraction of sp³-hybridized carbons (Fsp3) is 0.500. The van der Waals surface area contributed by atoms with Gasteiger partial charge in [-0.3, -0.25) is 4.79 Å². The van der Waals surface area contributed by atoms with Gasteiger partial charge < -0.3 is 10.6 Å². The van der Waals surface area contributed by atoms with Gasteiger partial charge in [0.25, 0.3) is 5.91 Å². The third kappa shape index (κ3) is 3.61. The van der Waals surface area contributed by atoms with Gasteiger partial charge in [-0.15, -0.1) is 0 Å². The van der Waals surface area contributed by atoms with Crippen LogP contribution in [0.1, 0.15) is 53.1 Å². The highest BCUT2D eigenvalue weighted by Gasteiger charge is 2.27. The number of rotatable bonds is 6. The average molecular weight is 340 g/mol. The van der Waals surface area contributed by atoms with Crippen molar-refractivity contribution in [1.29, 1.82) is 0 Å². The van der Waals surface area contributed by atoms with Crippen molar-refractivity contribution in [1.82, 2.24) is 20.4 Å². The molecule has 1 aliphatic rings. The van der Waals surface area contributed by atoms with Crippen LogP contribution in [-0.4, -0.2) is 34.8 Å². The summed E-state index contributed by atoms with van der Waals surface area (Å²) >= 11 is 0. The van der Waals surface area contributed by atoms with Crippen molar-refractivity contribution in [2.75, 3.05) is 13.1 Å². The molecule has 3 rings (SSSR count). The maximum Gasteiger partial charge on any atom is 0.272 e. The van der Waals surface area contributed by atoms with Crippen molar-refractivity contribution in [3.63, 3.8) is 0 Å². The number of carbonyl (C=O) groups is 1. The number of aryl methyl sites for hydroxylation is 2. The number of benzene rings is 1. The Morgan fingerprint density at radius 2 is 2.12 bits per heavy atom. The van der Waals surface area contributed by atoms with Crippen molar-refractivity contribution in [2.24, 2.45) is 0 Å². The highest BCUT2D eigenvalue weighted by Crippen LogP contribution is 2.29. The summed E-state index contributed by atoms with van der Waals surface area (Å²) in [4.78, 5) is 12.7. The molecule has 134 valence electrons. The van der Waals surface area contributed by atoms with E-state index in [0.29, 0.717) is 12.2 Å². The Labute approximate surface area is 149 Å². The van der Waals surface area contributed by atoms with Crippen LogP contribution in [0.5, 0.6) is 0 Å². The first-order valence-electron chi connectivity index (χ1n) is 9.21. The molecule has 0 spiro atoms. The molecule has 0 aliphatic heterocycles. The number of fused-ring (bicyclic) bond motifs is 1. The molecule has 2 aromatic rings. The van der Waals surface area contributed by atoms with E-state index in [1.165, 1.54) is 16.8 Å². The Morgan fingerprint density at radius 1 is 1.32 bits per heavy atom. The van der Waals surface area contributed by atoms with Gasteiger partial charge in [-0.2, -0.15) is 5.10 Å². The Kier molecular flexibility index (Phi) is 5.23. The summed E-state index contributed by atoms with van der Waals surface area (Å²) in [7, 11) is 0. The van der Waals surface area contributed by atoms with Gasteiger partial charge in [0.05, 0.1) is 5.69 Å². The zero-order valence-electron chi connectivity index (χ0n) is 15.6. The molecular weight excluding hydrogens is 312 g/mol. The summed E-state index contributed by atoms with van der Waals surface area (Å²) < 4.78 is 1.99. The van der Waals surface area contributed by atoms with Crippen molar-refractivity contribution in [3.05, 3.63) is 46.3 Å². The smallest absolute Gasteiger partial charge is 0.272 e. The van der Waals surface area contributed by atoms with E-state index in [4.69, 9.17) is 5.10 Å². The van der Waals surface area contributed by atoms with E-state index in [-0.39, 0.29) is 11.9 Å². The molecule has 5 heteroatoms. The van der Waals surface area contributed by atoms with Crippen molar-refractivity contribution in [2.45, 2.75) is 53.0 Å². The molecule has 1 aromatic carbocycles. The number of likely N-dealkylation sites (N-methyl/N-ethyl adjacent to an activating group) is 1. The Balaban J connectivity index is 1.88. The lowest BCUT2D eigenvalue weighted by Crippen LogP contribution is -2.39. The summed E-state index contributed by atoms with van der Waals surface area (Å²) in [5, 5.41) is 11.0. The SMILES string of the molecule is CCN[C@H](C)CNC(=O)c1nn(-c2ccc(C)cc2C)c2c1CCC2. The fourth-order valence-corrected chi connectivity index (χ4v) is 3.61. The Morgan fingerprint density at radius 3 is 2.84 bits per heavy atom. The number of amides is 1. The quantitative estimate of drug-likeness (QED) is 0.850. The van der Waals surface area contributed by atoms with E-state index >= 15 is 0 Å². The largest absolute Gasteiger partial charge is 0.349 e. The fourth-order valence-electron chi connectivity index (χ4n) is 3.61. The minimum Gasteiger partial charge on any atom is -0.349 e. The van der Waals surface area contributed by atoms with Crippen LogP contribution in [0.4, 0.5) is 0 Å². The lowest BCUT2D eigenvalue weighted by molar-refractivity contribution is 0.0944. The molecule has 0 saturated heterocycles. The van der Waals surface area contributed by atoms with Crippen LogP contribution in [0, 0.1) is 13.8 Å². The topological polar surface area (TPSA) is 58.9 Å². The van der Waals surface area contributed by atoms with E-state index in [2.05, 4.69) is 56.5 Å². The van der Waals surface area contributed by atoms with E-state index < -0.39 is 0 Å². The molecule has 5 nitrogen and oxygen atoms in total. The first-order valence-corrected chi connectivity index (χ1v) is 9.21. The molecule has 1 aromatic heterocycles. The standard InChI is InChI=1S/C20H28N4O/c1-5-21-15(4)12-22-20(25)19-16-7-6-8-18(16)24(23-19)17-10-9-13(2)11-14(17)3/h9-11,15,21H,5-8,12H2,1-4H3,(H,22,25)/t15-/m1/s1. The summed E-state index contributed by atoms with van der Waals surface area (Å²) in [6.45, 7) is 9.84. The van der Waals surface area contributed by atoms with Crippen LogP contribution in [0.3, 0.4) is 0 Å². The monoisotopic (exact) mass is 340 g/mol. The molecule has 2 N–H and O–H groups in total. The van der Waals surface area contributed by atoms with Crippen LogP contribution in [0.2, 0.25) is 0 Å². The lowest BCUT2D eigenvalue weighted by Gasteiger charge is -2.12. The molecule has 0 fully saturated rings. The molecule has 1 atom stereocenters. The van der Waals surface area contributed by atoms with Crippen LogP contribution in [0.25, 0.3) is 5.69 Å². The van der Waals surface area contributed by atoms with Crippen molar-refractivity contribution >= 4 is 5.91 Å². The number of hydrogen-bond acceptors (Lipinski definition) is 3. The summed E-state index contributed by atoms with van der Waals surface area (Å²) in [6.07, 6.45) is 3.01. The van der Waals surface area contributed by atoms with Crippen LogP contribution in [0.15, 0.2) is 18.2 Å². The van der Waals surface area contributed by atoms with Gasteiger partial charge in [0.15, 0.2) is 5.69 Å². The highest BCUT2D eigenvalue weighted by atomic mass is 16.2. The lowest BCUT2D eigenvalue weighted by atomic mass is 10.1. The molecule has 0 bridgehead atoms. The molecule has 0 unspecified atom stereocenters. The first-order chi connectivity index (χ1) is 12.0. The zero-order chi connectivity index (χ0) is 18.0. The van der Waals surface area contributed by atoms with Crippen LogP contribution >= 0.6 is 0 Å². The van der Waals surface area contributed by atoms with Gasteiger partial charge in [0.2, 0.25) is 0 Å². The number of aromatic nitrogens is 2.